The molecule has 1 heterocycles. The number of allylic oxidation sites excluding steroid dienone is 4. The Morgan fingerprint density at radius 1 is 1.23 bits per heavy atom. The quantitative estimate of drug-likeness (QED) is 0.653. The minimum atomic E-state index is 0.0806. The van der Waals surface area contributed by atoms with Crippen LogP contribution in [0.5, 0.6) is 0 Å². The van der Waals surface area contributed by atoms with Crippen molar-refractivity contribution in [3.63, 3.8) is 0 Å². The van der Waals surface area contributed by atoms with Crippen LogP contribution in [0.2, 0.25) is 0 Å². The Balaban J connectivity index is 1.41. The normalized spacial score (nSPS) is 43.9. The third-order valence-corrected chi connectivity index (χ3v) is 9.51. The maximum Gasteiger partial charge on any atom is 0.155 e. The van der Waals surface area contributed by atoms with Gasteiger partial charge in [0.25, 0.3) is 0 Å². The summed E-state index contributed by atoms with van der Waals surface area (Å²) >= 11 is 0. The highest BCUT2D eigenvalue weighted by molar-refractivity contribution is 5.92. The number of fused-ring (bicyclic) bond motifs is 5. The molecule has 1 saturated heterocycles. The topological polar surface area (TPSA) is 46.6 Å². The van der Waals surface area contributed by atoms with Gasteiger partial charge in [0.1, 0.15) is 0 Å². The van der Waals surface area contributed by atoms with E-state index in [1.165, 1.54) is 12.0 Å². The van der Waals surface area contributed by atoms with E-state index in [9.17, 15) is 9.59 Å². The summed E-state index contributed by atoms with van der Waals surface area (Å²) < 4.78 is 5.47. The van der Waals surface area contributed by atoms with Gasteiger partial charge in [0.2, 0.25) is 0 Å². The second-order valence-electron chi connectivity index (χ2n) is 11.1. The largest absolute Gasteiger partial charge is 0.379 e. The van der Waals surface area contributed by atoms with Gasteiger partial charge in [-0.05, 0) is 61.3 Å². The van der Waals surface area contributed by atoms with Gasteiger partial charge in [-0.25, -0.2) is 0 Å². The zero-order valence-electron chi connectivity index (χ0n) is 18.9. The predicted molar refractivity (Wildman–Crippen MR) is 117 cm³/mol. The lowest BCUT2D eigenvalue weighted by Crippen LogP contribution is -2.48. The van der Waals surface area contributed by atoms with E-state index in [1.54, 1.807) is 5.57 Å². The van der Waals surface area contributed by atoms with Gasteiger partial charge in [-0.2, -0.15) is 0 Å². The fourth-order valence-corrected chi connectivity index (χ4v) is 7.99. The van der Waals surface area contributed by atoms with Gasteiger partial charge in [0.05, 0.1) is 19.8 Å². The van der Waals surface area contributed by atoms with E-state index in [-0.39, 0.29) is 16.7 Å². The van der Waals surface area contributed by atoms with Crippen LogP contribution in [0.25, 0.3) is 0 Å². The second-order valence-corrected chi connectivity index (χ2v) is 11.1. The molecule has 4 nitrogen and oxygen atoms in total. The van der Waals surface area contributed by atoms with Crippen LogP contribution >= 0.6 is 0 Å². The average Bonchev–Trinajstić information content (AvgIpc) is 2.99. The summed E-state index contributed by atoms with van der Waals surface area (Å²) in [6.07, 6.45) is 10.5. The van der Waals surface area contributed by atoms with E-state index in [4.69, 9.17) is 4.74 Å². The number of morpholine rings is 1. The summed E-state index contributed by atoms with van der Waals surface area (Å²) in [7, 11) is 0. The zero-order valence-corrected chi connectivity index (χ0v) is 18.9. The molecule has 6 atom stereocenters. The lowest BCUT2D eigenvalue weighted by Gasteiger charge is -2.53. The fraction of sp³-hybridized carbons (Fsp3) is 0.769. The van der Waals surface area contributed by atoms with Crippen molar-refractivity contribution in [1.29, 1.82) is 0 Å². The van der Waals surface area contributed by atoms with Crippen LogP contribution in [0.3, 0.4) is 0 Å². The Hall–Kier alpha value is -1.26. The van der Waals surface area contributed by atoms with Crippen LogP contribution in [0, 0.1) is 34.5 Å². The lowest BCUT2D eigenvalue weighted by atomic mass is 9.51. The maximum absolute atomic E-state index is 13.5. The lowest BCUT2D eigenvalue weighted by molar-refractivity contribution is -0.130. The van der Waals surface area contributed by atoms with Crippen LogP contribution in [-0.2, 0) is 14.3 Å². The number of carbonyl (C=O) groups is 2. The molecule has 0 radical (unpaired) electrons. The number of hydrogen-bond donors (Lipinski definition) is 0. The smallest absolute Gasteiger partial charge is 0.155 e. The maximum atomic E-state index is 13.5. The van der Waals surface area contributed by atoms with Crippen molar-refractivity contribution < 1.29 is 14.3 Å². The zero-order chi connectivity index (χ0) is 21.1. The van der Waals surface area contributed by atoms with E-state index < -0.39 is 0 Å². The van der Waals surface area contributed by atoms with Crippen LogP contribution in [0.1, 0.15) is 59.3 Å². The minimum absolute atomic E-state index is 0.0806. The molecular weight excluding hydrogens is 374 g/mol. The fourth-order valence-electron chi connectivity index (χ4n) is 7.99. The Labute approximate surface area is 181 Å². The van der Waals surface area contributed by atoms with Crippen LogP contribution in [0.4, 0.5) is 0 Å². The molecule has 4 aliphatic carbocycles. The molecule has 0 aromatic heterocycles. The molecule has 0 aromatic rings. The summed E-state index contributed by atoms with van der Waals surface area (Å²) in [5.74, 6) is 2.58. The highest BCUT2D eigenvalue weighted by Gasteiger charge is 2.59. The highest BCUT2D eigenvalue weighted by atomic mass is 16.5. The molecule has 5 rings (SSSR count). The van der Waals surface area contributed by atoms with Crippen molar-refractivity contribution in [3.8, 4) is 0 Å². The molecule has 0 spiro atoms. The van der Waals surface area contributed by atoms with Crippen LogP contribution in [-0.4, -0.2) is 49.3 Å². The molecule has 4 heteroatoms. The van der Waals surface area contributed by atoms with Gasteiger partial charge >= 0.3 is 0 Å². The van der Waals surface area contributed by atoms with Gasteiger partial charge in [0.15, 0.2) is 11.6 Å². The molecule has 2 saturated carbocycles. The van der Waals surface area contributed by atoms with Gasteiger partial charge in [-0.15, -0.1) is 0 Å². The van der Waals surface area contributed by atoms with Gasteiger partial charge in [0, 0.05) is 30.8 Å². The third-order valence-electron chi connectivity index (χ3n) is 9.51. The van der Waals surface area contributed by atoms with Gasteiger partial charge < -0.3 is 4.74 Å². The average molecular weight is 412 g/mol. The number of Topliss-reactive ketones (excluding diaryl/α,β-unsaturated/α-hetero) is 1. The first-order valence-corrected chi connectivity index (χ1v) is 12.1. The van der Waals surface area contributed by atoms with Crippen molar-refractivity contribution in [2.75, 3.05) is 32.8 Å². The molecule has 3 fully saturated rings. The second kappa shape index (κ2) is 7.41. The standard InChI is InChI=1S/C26H37NO3/c1-17-14-22-20-5-4-18-15-19(28)6-8-25(18,2)21(20)7-9-26(22,3)24(17)23(29)16-27-10-12-30-13-11-27/h7,15,17,20,22,24H,4-6,8-14,16H2,1-3H3/t17-,20-,22+,24-,25+,26+/m1/s1. The Kier molecular flexibility index (Phi) is 5.10. The molecular formula is C26H37NO3. The number of rotatable bonds is 3. The summed E-state index contributed by atoms with van der Waals surface area (Å²) in [6.45, 7) is 11.0. The molecule has 164 valence electrons. The number of ether oxygens (including phenoxy) is 1. The molecule has 0 unspecified atom stereocenters. The van der Waals surface area contributed by atoms with E-state index in [1.807, 2.05) is 6.08 Å². The Morgan fingerprint density at radius 3 is 2.77 bits per heavy atom. The molecule has 30 heavy (non-hydrogen) atoms. The molecule has 0 aromatic carbocycles. The molecule has 0 bridgehead atoms. The summed E-state index contributed by atoms with van der Waals surface area (Å²) in [4.78, 5) is 27.8. The monoisotopic (exact) mass is 411 g/mol. The molecule has 0 N–H and O–H groups in total. The van der Waals surface area contributed by atoms with Gasteiger partial charge in [-0.1, -0.05) is 38.0 Å². The Morgan fingerprint density at radius 2 is 2.00 bits per heavy atom. The minimum Gasteiger partial charge on any atom is -0.379 e. The molecule has 5 aliphatic rings. The van der Waals surface area contributed by atoms with Gasteiger partial charge in [-0.3, -0.25) is 14.5 Å². The summed E-state index contributed by atoms with van der Waals surface area (Å²) in [5.41, 5.74) is 3.13. The van der Waals surface area contributed by atoms with Crippen molar-refractivity contribution in [2.45, 2.75) is 59.3 Å². The van der Waals surface area contributed by atoms with Crippen molar-refractivity contribution >= 4 is 11.6 Å². The third kappa shape index (κ3) is 3.09. The van der Waals surface area contributed by atoms with E-state index >= 15 is 0 Å². The molecule has 1 aliphatic heterocycles. The first-order chi connectivity index (χ1) is 14.3. The van der Waals surface area contributed by atoms with E-state index in [0.717, 1.165) is 52.0 Å². The van der Waals surface area contributed by atoms with Crippen LogP contribution < -0.4 is 0 Å². The predicted octanol–water partition coefficient (Wildman–Crippen LogP) is 4.20. The number of carbonyl (C=O) groups excluding carboxylic acids is 2. The number of nitrogens with zero attached hydrogens (tertiary/aromatic N) is 1. The van der Waals surface area contributed by atoms with E-state index in [2.05, 4.69) is 31.7 Å². The van der Waals surface area contributed by atoms with Crippen molar-refractivity contribution in [3.05, 3.63) is 23.3 Å². The van der Waals surface area contributed by atoms with Crippen molar-refractivity contribution in [1.82, 2.24) is 4.90 Å². The van der Waals surface area contributed by atoms with E-state index in [0.29, 0.717) is 42.3 Å². The first-order valence-electron chi connectivity index (χ1n) is 12.1. The summed E-state index contributed by atoms with van der Waals surface area (Å²) in [6, 6.07) is 0. The van der Waals surface area contributed by atoms with Crippen molar-refractivity contribution in [2.24, 2.45) is 34.5 Å². The molecule has 0 amide bonds. The number of hydrogen-bond acceptors (Lipinski definition) is 4. The number of ketones is 2. The SMILES string of the molecule is C[C@@H]1C[C@H]2[C@@H]3CCC4=CC(=O)CC[C@]4(C)C3=CC[C@]2(C)[C@H]1C(=O)CN1CCOCC1. The Bertz CT molecular complexity index is 807. The summed E-state index contributed by atoms with van der Waals surface area (Å²) in [5, 5.41) is 0. The first kappa shape index (κ1) is 20.6. The highest BCUT2D eigenvalue weighted by Crippen LogP contribution is 2.65. The van der Waals surface area contributed by atoms with Crippen LogP contribution in [0.15, 0.2) is 23.3 Å².